The molecular formula is C17H20N4O6S. The van der Waals surface area contributed by atoms with Crippen molar-refractivity contribution in [3.63, 3.8) is 0 Å². The highest BCUT2D eigenvalue weighted by atomic mass is 32.2. The van der Waals surface area contributed by atoms with Gasteiger partial charge in [0.05, 0.1) is 10.4 Å². The molecule has 0 saturated carbocycles. The predicted octanol–water partition coefficient (Wildman–Crippen LogP) is 0.605. The minimum atomic E-state index is -3.83. The number of imide groups is 1. The van der Waals surface area contributed by atoms with Gasteiger partial charge in [-0.15, -0.1) is 0 Å². The summed E-state index contributed by atoms with van der Waals surface area (Å²) in [5.41, 5.74) is -0.481. The maximum Gasteiger partial charge on any atom is 0.417 e. The lowest BCUT2D eigenvalue weighted by Crippen LogP contribution is -2.56. The topological polar surface area (TPSA) is 133 Å². The molecule has 2 N–H and O–H groups in total. The molecule has 10 nitrogen and oxygen atoms in total. The highest BCUT2D eigenvalue weighted by molar-refractivity contribution is 7.89. The summed E-state index contributed by atoms with van der Waals surface area (Å²) in [6.07, 6.45) is 0.392. The number of amides is 3. The Kier molecular flexibility index (Phi) is 4.12. The van der Waals surface area contributed by atoms with Crippen LogP contribution in [0.5, 0.6) is 0 Å². The largest absolute Gasteiger partial charge is 0.417 e. The van der Waals surface area contributed by atoms with E-state index in [0.717, 1.165) is 0 Å². The number of fused-ring (bicyclic) bond motifs is 1. The molecule has 3 amide bonds. The third-order valence-corrected chi connectivity index (χ3v) is 7.21. The molecule has 2 saturated heterocycles. The van der Waals surface area contributed by atoms with Crippen molar-refractivity contribution in [1.29, 1.82) is 0 Å². The van der Waals surface area contributed by atoms with Crippen molar-refractivity contribution in [2.75, 3.05) is 13.1 Å². The van der Waals surface area contributed by atoms with E-state index >= 15 is 0 Å². The van der Waals surface area contributed by atoms with Gasteiger partial charge < -0.3 is 9.73 Å². The molecule has 150 valence electrons. The molecule has 1 aromatic heterocycles. The summed E-state index contributed by atoms with van der Waals surface area (Å²) >= 11 is 0. The van der Waals surface area contributed by atoms with Crippen LogP contribution >= 0.6 is 0 Å². The van der Waals surface area contributed by atoms with E-state index < -0.39 is 27.3 Å². The highest BCUT2D eigenvalue weighted by Crippen LogP contribution is 2.33. The molecule has 0 atom stereocenters. The van der Waals surface area contributed by atoms with Crippen molar-refractivity contribution in [3.8, 4) is 0 Å². The number of benzene rings is 1. The number of nitrogens with zero attached hydrogens (tertiary/aromatic N) is 2. The first-order chi connectivity index (χ1) is 13.1. The van der Waals surface area contributed by atoms with Crippen molar-refractivity contribution >= 4 is 33.1 Å². The highest BCUT2D eigenvalue weighted by Gasteiger charge is 2.53. The van der Waals surface area contributed by atoms with Crippen molar-refractivity contribution in [2.45, 2.75) is 43.2 Å². The van der Waals surface area contributed by atoms with E-state index in [4.69, 9.17) is 4.42 Å². The van der Waals surface area contributed by atoms with E-state index in [-0.39, 0.29) is 48.4 Å². The van der Waals surface area contributed by atoms with E-state index in [9.17, 15) is 22.8 Å². The fraction of sp³-hybridized carbons (Fsp3) is 0.471. The smallest absolute Gasteiger partial charge is 0.408 e. The number of urea groups is 1. The second-order valence-corrected chi connectivity index (χ2v) is 9.30. The molecule has 2 aliphatic heterocycles. The fourth-order valence-corrected chi connectivity index (χ4v) is 5.25. The number of carbonyl (C=O) groups excluding carboxylic acids is 2. The molecule has 2 aliphatic rings. The molecule has 3 heterocycles. The minimum Gasteiger partial charge on any atom is -0.408 e. The number of nitrogens with one attached hydrogen (secondary N) is 2. The molecule has 4 rings (SSSR count). The van der Waals surface area contributed by atoms with Gasteiger partial charge in [-0.2, -0.15) is 4.31 Å². The second-order valence-electron chi connectivity index (χ2n) is 7.36. The Morgan fingerprint density at radius 3 is 2.43 bits per heavy atom. The van der Waals surface area contributed by atoms with E-state index in [2.05, 4.69) is 10.3 Å². The monoisotopic (exact) mass is 408 g/mol. The summed E-state index contributed by atoms with van der Waals surface area (Å²) in [5, 5.41) is 2.75. The quantitative estimate of drug-likeness (QED) is 0.715. The van der Waals surface area contributed by atoms with Gasteiger partial charge in [-0.1, -0.05) is 0 Å². The van der Waals surface area contributed by atoms with Gasteiger partial charge in [0.15, 0.2) is 5.58 Å². The summed E-state index contributed by atoms with van der Waals surface area (Å²) in [4.78, 5) is 39.8. The SMILES string of the molecule is CC(C)N1C(=O)NC2(CCN(S(=O)(=O)c3ccc4[nH]c(=O)oc4c3)CC2)C1=O. The number of oxazole rings is 1. The standard InChI is InChI=1S/C17H20N4O6S/c1-10(2)21-14(22)17(19-15(21)23)5-7-20(8-6-17)28(25,26)11-3-4-12-13(9-11)27-16(24)18-12/h3-4,9-10H,5-8H2,1-2H3,(H,18,24)(H,19,23). The Hall–Kier alpha value is -2.66. The van der Waals surface area contributed by atoms with Gasteiger partial charge >= 0.3 is 11.8 Å². The molecule has 0 unspecified atom stereocenters. The van der Waals surface area contributed by atoms with Gasteiger partial charge in [0.2, 0.25) is 10.0 Å². The molecule has 1 spiro atoms. The number of aromatic amines is 1. The zero-order valence-corrected chi connectivity index (χ0v) is 16.2. The van der Waals surface area contributed by atoms with Crippen LogP contribution in [0.1, 0.15) is 26.7 Å². The Balaban J connectivity index is 1.56. The van der Waals surface area contributed by atoms with E-state index in [1.165, 1.54) is 27.4 Å². The van der Waals surface area contributed by atoms with Crippen LogP contribution in [0.4, 0.5) is 4.79 Å². The normalized spacial score (nSPS) is 20.5. The molecule has 0 radical (unpaired) electrons. The third-order valence-electron chi connectivity index (χ3n) is 5.32. The maximum atomic E-state index is 13.0. The van der Waals surface area contributed by atoms with Gasteiger partial charge in [0.1, 0.15) is 5.54 Å². The molecule has 0 bridgehead atoms. The summed E-state index contributed by atoms with van der Waals surface area (Å²) in [7, 11) is -3.83. The first-order valence-electron chi connectivity index (χ1n) is 8.93. The van der Waals surface area contributed by atoms with Crippen molar-refractivity contribution < 1.29 is 22.4 Å². The van der Waals surface area contributed by atoms with Gasteiger partial charge in [-0.05, 0) is 38.8 Å². The lowest BCUT2D eigenvalue weighted by atomic mass is 9.88. The Bertz CT molecular complexity index is 1120. The molecule has 2 aromatic rings. The van der Waals surface area contributed by atoms with E-state index in [1.807, 2.05) is 0 Å². The number of carbonyl (C=O) groups is 2. The number of H-pyrrole nitrogens is 1. The van der Waals surface area contributed by atoms with Crippen molar-refractivity contribution in [3.05, 3.63) is 28.7 Å². The van der Waals surface area contributed by atoms with Crippen molar-refractivity contribution in [2.24, 2.45) is 0 Å². The summed E-state index contributed by atoms with van der Waals surface area (Å²) in [6.45, 7) is 3.70. The Labute approximate surface area is 160 Å². The second kappa shape index (κ2) is 6.17. The maximum absolute atomic E-state index is 13.0. The fourth-order valence-electron chi connectivity index (χ4n) is 3.79. The summed E-state index contributed by atoms with van der Waals surface area (Å²) in [5.74, 6) is -0.963. The molecule has 2 fully saturated rings. The molecule has 28 heavy (non-hydrogen) atoms. The summed E-state index contributed by atoms with van der Waals surface area (Å²) in [6, 6.07) is 3.47. The van der Waals surface area contributed by atoms with Gasteiger partial charge in [0.25, 0.3) is 5.91 Å². The first-order valence-corrected chi connectivity index (χ1v) is 10.4. The van der Waals surface area contributed by atoms with E-state index in [1.54, 1.807) is 13.8 Å². The first kappa shape index (κ1) is 18.7. The lowest BCUT2D eigenvalue weighted by Gasteiger charge is -2.36. The minimum absolute atomic E-state index is 0.00397. The zero-order valence-electron chi connectivity index (χ0n) is 15.4. The number of hydrogen-bond donors (Lipinski definition) is 2. The average Bonchev–Trinajstić information content (AvgIpc) is 3.11. The third kappa shape index (κ3) is 2.73. The predicted molar refractivity (Wildman–Crippen MR) is 98.1 cm³/mol. The van der Waals surface area contributed by atoms with Crippen LogP contribution in [0.25, 0.3) is 11.1 Å². The van der Waals surface area contributed by atoms with Crippen molar-refractivity contribution in [1.82, 2.24) is 19.5 Å². The van der Waals surface area contributed by atoms with E-state index in [0.29, 0.717) is 5.52 Å². The molecule has 0 aliphatic carbocycles. The van der Waals surface area contributed by atoms with Crippen LogP contribution in [0.2, 0.25) is 0 Å². The molecule has 1 aromatic carbocycles. The number of piperidine rings is 1. The average molecular weight is 408 g/mol. The number of sulfonamides is 1. The van der Waals surface area contributed by atoms with Crippen LogP contribution < -0.4 is 11.1 Å². The lowest BCUT2D eigenvalue weighted by molar-refractivity contribution is -0.133. The van der Waals surface area contributed by atoms with Gasteiger partial charge in [0, 0.05) is 25.2 Å². The molecule has 11 heteroatoms. The number of rotatable bonds is 3. The van der Waals surface area contributed by atoms with Gasteiger partial charge in [-0.25, -0.2) is 18.0 Å². The number of aromatic nitrogens is 1. The Morgan fingerprint density at radius 2 is 1.82 bits per heavy atom. The van der Waals surface area contributed by atoms with Crippen LogP contribution in [-0.2, 0) is 14.8 Å². The van der Waals surface area contributed by atoms with Crippen LogP contribution in [0, 0.1) is 0 Å². The zero-order chi connectivity index (χ0) is 20.3. The van der Waals surface area contributed by atoms with Crippen LogP contribution in [-0.4, -0.2) is 59.2 Å². The Morgan fingerprint density at radius 1 is 1.14 bits per heavy atom. The van der Waals surface area contributed by atoms with Crippen LogP contribution in [0.15, 0.2) is 32.3 Å². The molecular weight excluding hydrogens is 388 g/mol. The van der Waals surface area contributed by atoms with Crippen LogP contribution in [0.3, 0.4) is 0 Å². The summed E-state index contributed by atoms with van der Waals surface area (Å²) < 4.78 is 32.2. The van der Waals surface area contributed by atoms with Gasteiger partial charge in [-0.3, -0.25) is 14.7 Å². The number of hydrogen-bond acceptors (Lipinski definition) is 6.